The number of primary amides is 1. The lowest BCUT2D eigenvalue weighted by Crippen LogP contribution is -2.12. The van der Waals surface area contributed by atoms with Gasteiger partial charge in [-0.25, -0.2) is 0 Å². The number of nitrogens with two attached hydrogens (primary N) is 1. The largest absolute Gasteiger partial charge is 0.504 e. The molecule has 0 unspecified atom stereocenters. The van der Waals surface area contributed by atoms with E-state index in [2.05, 4.69) is 0 Å². The molecule has 0 atom stereocenters. The van der Waals surface area contributed by atoms with Crippen LogP contribution in [0.2, 0.25) is 0 Å². The van der Waals surface area contributed by atoms with Crippen molar-refractivity contribution in [1.82, 2.24) is 0 Å². The number of hydrogen-bond acceptors (Lipinski definition) is 4. The average molecular weight is 245 g/mol. The molecule has 2 rings (SSSR count). The van der Waals surface area contributed by atoms with Crippen molar-refractivity contribution in [3.63, 3.8) is 0 Å². The monoisotopic (exact) mass is 245 g/mol. The summed E-state index contributed by atoms with van der Waals surface area (Å²) >= 11 is 0. The van der Waals surface area contributed by atoms with Gasteiger partial charge in [-0.15, -0.1) is 0 Å². The molecule has 0 aliphatic heterocycles. The zero-order chi connectivity index (χ0) is 13.3. The summed E-state index contributed by atoms with van der Waals surface area (Å²) in [5.74, 6) is -2.21. The van der Waals surface area contributed by atoms with Gasteiger partial charge in [0.2, 0.25) is 11.7 Å². The molecule has 0 radical (unpaired) electrons. The molecule has 0 aliphatic rings. The number of phenols is 3. The minimum atomic E-state index is -0.641. The van der Waals surface area contributed by atoms with Crippen LogP contribution in [0, 0.1) is 0 Å². The van der Waals surface area contributed by atoms with Gasteiger partial charge in [-0.2, -0.15) is 0 Å². The van der Waals surface area contributed by atoms with Crippen LogP contribution in [0.1, 0.15) is 10.4 Å². The zero-order valence-electron chi connectivity index (χ0n) is 9.29. The van der Waals surface area contributed by atoms with Gasteiger partial charge in [0.15, 0.2) is 11.5 Å². The van der Waals surface area contributed by atoms with Crippen molar-refractivity contribution in [1.29, 1.82) is 0 Å². The Bertz CT molecular complexity index is 622. The second kappa shape index (κ2) is 4.29. The summed E-state index contributed by atoms with van der Waals surface area (Å²) in [6.45, 7) is 0. The van der Waals surface area contributed by atoms with Crippen LogP contribution in [-0.2, 0) is 0 Å². The van der Waals surface area contributed by atoms with Crippen LogP contribution >= 0.6 is 0 Å². The summed E-state index contributed by atoms with van der Waals surface area (Å²) < 4.78 is 0. The predicted octanol–water partition coefficient (Wildman–Crippen LogP) is 1.57. The first-order valence-corrected chi connectivity index (χ1v) is 5.15. The van der Waals surface area contributed by atoms with Crippen LogP contribution in [0.4, 0.5) is 0 Å². The topological polar surface area (TPSA) is 104 Å². The number of amides is 1. The molecule has 5 nitrogen and oxygen atoms in total. The molecule has 0 heterocycles. The van der Waals surface area contributed by atoms with Gasteiger partial charge in [-0.1, -0.05) is 18.2 Å². The predicted molar refractivity (Wildman–Crippen MR) is 65.4 cm³/mol. The number of hydrogen-bond donors (Lipinski definition) is 4. The molecule has 92 valence electrons. The minimum Gasteiger partial charge on any atom is -0.504 e. The standard InChI is InChI=1S/C13H11NO4/c14-13(18)9-4-2-1-3-7(9)8-5-6-10(15)12(17)11(8)16/h1-6,15-17H,(H2,14,18). The van der Waals surface area contributed by atoms with Gasteiger partial charge in [-0.3, -0.25) is 4.79 Å². The first-order chi connectivity index (χ1) is 8.52. The van der Waals surface area contributed by atoms with E-state index in [1.807, 2.05) is 0 Å². The van der Waals surface area contributed by atoms with Crippen LogP contribution in [0.3, 0.4) is 0 Å². The molecule has 1 amide bonds. The van der Waals surface area contributed by atoms with E-state index in [0.717, 1.165) is 0 Å². The van der Waals surface area contributed by atoms with Crippen molar-refractivity contribution in [2.24, 2.45) is 5.73 Å². The van der Waals surface area contributed by atoms with Crippen LogP contribution in [0.5, 0.6) is 17.2 Å². The molecule has 0 aromatic heterocycles. The fraction of sp³-hybridized carbons (Fsp3) is 0. The lowest BCUT2D eigenvalue weighted by Gasteiger charge is -2.10. The second-order valence-corrected chi connectivity index (χ2v) is 3.74. The zero-order valence-corrected chi connectivity index (χ0v) is 9.29. The molecule has 0 fully saturated rings. The molecule has 0 bridgehead atoms. The Kier molecular flexibility index (Phi) is 2.81. The number of aromatic hydroxyl groups is 3. The molecule has 18 heavy (non-hydrogen) atoms. The number of carbonyl (C=O) groups is 1. The van der Waals surface area contributed by atoms with E-state index < -0.39 is 23.2 Å². The SMILES string of the molecule is NC(=O)c1ccccc1-c1ccc(O)c(O)c1O. The van der Waals surface area contributed by atoms with Crippen molar-refractivity contribution in [2.75, 3.05) is 0 Å². The maximum Gasteiger partial charge on any atom is 0.249 e. The van der Waals surface area contributed by atoms with E-state index in [1.165, 1.54) is 18.2 Å². The van der Waals surface area contributed by atoms with Gasteiger partial charge in [0.05, 0.1) is 0 Å². The highest BCUT2D eigenvalue weighted by Gasteiger charge is 2.16. The summed E-state index contributed by atoms with van der Waals surface area (Å²) in [6.07, 6.45) is 0. The lowest BCUT2D eigenvalue weighted by molar-refractivity contribution is 0.100. The maximum absolute atomic E-state index is 11.3. The van der Waals surface area contributed by atoms with Gasteiger partial charge in [0.1, 0.15) is 0 Å². The molecule has 0 saturated carbocycles. The fourth-order valence-corrected chi connectivity index (χ4v) is 1.72. The van der Waals surface area contributed by atoms with Crippen LogP contribution < -0.4 is 5.73 Å². The van der Waals surface area contributed by atoms with Crippen molar-refractivity contribution in [2.45, 2.75) is 0 Å². The van der Waals surface area contributed by atoms with Crippen molar-refractivity contribution < 1.29 is 20.1 Å². The van der Waals surface area contributed by atoms with Gasteiger partial charge >= 0.3 is 0 Å². The van der Waals surface area contributed by atoms with Crippen LogP contribution in [0.25, 0.3) is 11.1 Å². The van der Waals surface area contributed by atoms with Gasteiger partial charge in [0, 0.05) is 11.1 Å². The van der Waals surface area contributed by atoms with E-state index in [1.54, 1.807) is 18.2 Å². The second-order valence-electron chi connectivity index (χ2n) is 3.74. The summed E-state index contributed by atoms with van der Waals surface area (Å²) in [5.41, 5.74) is 6.07. The molecule has 5 N–H and O–H groups in total. The Balaban J connectivity index is 2.70. The summed E-state index contributed by atoms with van der Waals surface area (Å²) in [7, 11) is 0. The number of phenolic OH excluding ortho intramolecular Hbond substituents is 3. The first-order valence-electron chi connectivity index (χ1n) is 5.15. The summed E-state index contributed by atoms with van der Waals surface area (Å²) in [6, 6.07) is 9.03. The minimum absolute atomic E-state index is 0.220. The van der Waals surface area contributed by atoms with E-state index in [0.29, 0.717) is 5.56 Å². The number of benzene rings is 2. The quantitative estimate of drug-likeness (QED) is 0.603. The highest BCUT2D eigenvalue weighted by Crippen LogP contribution is 2.42. The third-order valence-corrected chi connectivity index (χ3v) is 2.61. The summed E-state index contributed by atoms with van der Waals surface area (Å²) in [4.78, 5) is 11.3. The van der Waals surface area contributed by atoms with Crippen molar-refractivity contribution in [3.05, 3.63) is 42.0 Å². The molecule has 5 heteroatoms. The normalized spacial score (nSPS) is 10.2. The Hall–Kier alpha value is -2.69. The molecular formula is C13H11NO4. The average Bonchev–Trinajstić information content (AvgIpc) is 2.36. The van der Waals surface area contributed by atoms with Crippen LogP contribution in [-0.4, -0.2) is 21.2 Å². The Morgan fingerprint density at radius 1 is 0.889 bits per heavy atom. The van der Waals surface area contributed by atoms with Crippen LogP contribution in [0.15, 0.2) is 36.4 Å². The van der Waals surface area contributed by atoms with Gasteiger partial charge in [-0.05, 0) is 23.8 Å². The summed E-state index contributed by atoms with van der Waals surface area (Å²) in [5, 5.41) is 28.5. The number of carbonyl (C=O) groups excluding carboxylic acids is 1. The highest BCUT2D eigenvalue weighted by molar-refractivity contribution is 6.00. The van der Waals surface area contributed by atoms with E-state index in [9.17, 15) is 20.1 Å². The van der Waals surface area contributed by atoms with E-state index in [-0.39, 0.29) is 11.1 Å². The van der Waals surface area contributed by atoms with Crippen molar-refractivity contribution in [3.8, 4) is 28.4 Å². The third-order valence-electron chi connectivity index (χ3n) is 2.61. The lowest BCUT2D eigenvalue weighted by atomic mass is 9.98. The molecule has 0 aliphatic carbocycles. The Morgan fingerprint density at radius 2 is 1.56 bits per heavy atom. The van der Waals surface area contributed by atoms with E-state index in [4.69, 9.17) is 5.73 Å². The highest BCUT2D eigenvalue weighted by atomic mass is 16.3. The first kappa shape index (κ1) is 11.8. The van der Waals surface area contributed by atoms with Crippen molar-refractivity contribution >= 4 is 5.91 Å². The smallest absolute Gasteiger partial charge is 0.249 e. The molecular weight excluding hydrogens is 234 g/mol. The molecule has 2 aromatic rings. The molecule has 0 spiro atoms. The Morgan fingerprint density at radius 3 is 2.22 bits per heavy atom. The maximum atomic E-state index is 11.3. The third kappa shape index (κ3) is 1.82. The number of rotatable bonds is 2. The molecule has 2 aromatic carbocycles. The van der Waals surface area contributed by atoms with Gasteiger partial charge < -0.3 is 21.1 Å². The van der Waals surface area contributed by atoms with Gasteiger partial charge in [0.25, 0.3) is 0 Å². The Labute approximate surface area is 103 Å². The molecule has 0 saturated heterocycles. The van der Waals surface area contributed by atoms with E-state index >= 15 is 0 Å². The fourth-order valence-electron chi connectivity index (χ4n) is 1.72.